The first-order valence-electron chi connectivity index (χ1n) is 4.32. The molecule has 0 aliphatic rings. The van der Waals surface area contributed by atoms with Crippen LogP contribution in [-0.2, 0) is 4.74 Å². The molecule has 0 spiro atoms. The lowest BCUT2D eigenvalue weighted by atomic mass is 10.2. The molecule has 2 aromatic heterocycles. The van der Waals surface area contributed by atoms with Crippen LogP contribution < -0.4 is 0 Å². The molecule has 4 nitrogen and oxygen atoms in total. The van der Waals surface area contributed by atoms with Crippen LogP contribution in [0.15, 0.2) is 18.3 Å². The number of hydrogen-bond donors (Lipinski definition) is 0. The first-order chi connectivity index (χ1) is 7.61. The molecule has 2 heterocycles. The molecule has 0 aliphatic carbocycles. The van der Waals surface area contributed by atoms with Crippen LogP contribution in [0.4, 0.5) is 0 Å². The van der Waals surface area contributed by atoms with Gasteiger partial charge < -0.3 is 4.74 Å². The van der Waals surface area contributed by atoms with E-state index in [0.717, 1.165) is 0 Å². The number of pyridine rings is 2. The number of methoxy groups -OCH3 is 1. The first kappa shape index (κ1) is 11.1. The van der Waals surface area contributed by atoms with E-state index in [9.17, 15) is 4.79 Å². The predicted molar refractivity (Wildman–Crippen MR) is 60.9 cm³/mol. The maximum Gasteiger partial charge on any atom is 0.356 e. The average Bonchev–Trinajstić information content (AvgIpc) is 2.27. The molecule has 0 atom stereocenters. The highest BCUT2D eigenvalue weighted by atomic mass is 35.5. The van der Waals surface area contributed by atoms with Crippen molar-refractivity contribution in [2.24, 2.45) is 0 Å². The van der Waals surface area contributed by atoms with E-state index >= 15 is 0 Å². The minimum absolute atomic E-state index is 0.202. The summed E-state index contributed by atoms with van der Waals surface area (Å²) in [5.41, 5.74) is 0.202. The molecule has 0 aromatic carbocycles. The number of rotatable bonds is 1. The van der Waals surface area contributed by atoms with Crippen LogP contribution in [0.25, 0.3) is 10.8 Å². The van der Waals surface area contributed by atoms with Gasteiger partial charge in [-0.25, -0.2) is 14.8 Å². The number of halogens is 2. The second kappa shape index (κ2) is 4.23. The zero-order chi connectivity index (χ0) is 11.7. The lowest BCUT2D eigenvalue weighted by Gasteiger charge is -2.02. The van der Waals surface area contributed by atoms with Crippen LogP contribution in [0, 0.1) is 0 Å². The van der Waals surface area contributed by atoms with Gasteiger partial charge >= 0.3 is 5.97 Å². The molecular weight excluding hydrogens is 251 g/mol. The zero-order valence-corrected chi connectivity index (χ0v) is 9.71. The molecule has 0 saturated carbocycles. The molecule has 2 rings (SSSR count). The number of carbonyl (C=O) groups is 1. The summed E-state index contributed by atoms with van der Waals surface area (Å²) >= 11 is 11.6. The molecule has 0 N–H and O–H groups in total. The first-order valence-corrected chi connectivity index (χ1v) is 5.07. The third kappa shape index (κ3) is 1.94. The van der Waals surface area contributed by atoms with Crippen molar-refractivity contribution < 1.29 is 9.53 Å². The monoisotopic (exact) mass is 256 g/mol. The van der Waals surface area contributed by atoms with Crippen molar-refractivity contribution in [1.82, 2.24) is 9.97 Å². The van der Waals surface area contributed by atoms with E-state index in [2.05, 4.69) is 14.7 Å². The van der Waals surface area contributed by atoms with E-state index in [-0.39, 0.29) is 16.0 Å². The summed E-state index contributed by atoms with van der Waals surface area (Å²) in [6.07, 6.45) is 1.47. The standard InChI is InChI=1S/C10H6Cl2N2O2/c1-16-10(15)7-2-5-3-8(11)14-9(12)6(5)4-13-7/h2-4H,1H3. The summed E-state index contributed by atoms with van der Waals surface area (Å²) in [7, 11) is 1.29. The Morgan fingerprint density at radius 3 is 2.81 bits per heavy atom. The second-order valence-electron chi connectivity index (χ2n) is 3.02. The van der Waals surface area contributed by atoms with E-state index in [1.165, 1.54) is 13.3 Å². The Labute approximate surface area is 101 Å². The number of ether oxygens (including phenoxy) is 1. The summed E-state index contributed by atoms with van der Waals surface area (Å²) in [4.78, 5) is 19.1. The summed E-state index contributed by atoms with van der Waals surface area (Å²) in [6, 6.07) is 3.16. The van der Waals surface area contributed by atoms with Crippen LogP contribution in [0.1, 0.15) is 10.5 Å². The molecule has 0 bridgehead atoms. The van der Waals surface area contributed by atoms with E-state index in [0.29, 0.717) is 10.8 Å². The molecule has 0 saturated heterocycles. The quantitative estimate of drug-likeness (QED) is 0.582. The van der Waals surface area contributed by atoms with Gasteiger partial charge in [0.1, 0.15) is 16.0 Å². The van der Waals surface area contributed by atoms with Gasteiger partial charge in [-0.3, -0.25) is 0 Å². The number of hydrogen-bond acceptors (Lipinski definition) is 4. The third-order valence-electron chi connectivity index (χ3n) is 2.03. The van der Waals surface area contributed by atoms with Gasteiger partial charge in [0.15, 0.2) is 0 Å². The fourth-order valence-electron chi connectivity index (χ4n) is 1.29. The van der Waals surface area contributed by atoms with Crippen LogP contribution in [0.3, 0.4) is 0 Å². The van der Waals surface area contributed by atoms with Crippen molar-refractivity contribution in [1.29, 1.82) is 0 Å². The molecule has 16 heavy (non-hydrogen) atoms. The van der Waals surface area contributed by atoms with Gasteiger partial charge in [0, 0.05) is 11.6 Å². The van der Waals surface area contributed by atoms with E-state index < -0.39 is 5.97 Å². The molecule has 0 aliphatic heterocycles. The molecule has 0 amide bonds. The summed E-state index contributed by atoms with van der Waals surface area (Å²) in [5, 5.41) is 1.85. The minimum atomic E-state index is -0.508. The van der Waals surface area contributed by atoms with Gasteiger partial charge in [-0.1, -0.05) is 23.2 Å². The molecular formula is C10H6Cl2N2O2. The molecule has 2 aromatic rings. The summed E-state index contributed by atoms with van der Waals surface area (Å²) < 4.78 is 4.56. The largest absolute Gasteiger partial charge is 0.464 e. The number of carbonyl (C=O) groups excluding carboxylic acids is 1. The number of aromatic nitrogens is 2. The smallest absolute Gasteiger partial charge is 0.356 e. The van der Waals surface area contributed by atoms with E-state index in [4.69, 9.17) is 23.2 Å². The highest BCUT2D eigenvalue weighted by Crippen LogP contribution is 2.24. The van der Waals surface area contributed by atoms with Crippen molar-refractivity contribution >= 4 is 39.9 Å². The minimum Gasteiger partial charge on any atom is -0.464 e. The lowest BCUT2D eigenvalue weighted by Crippen LogP contribution is -2.03. The van der Waals surface area contributed by atoms with Gasteiger partial charge in [0.05, 0.1) is 7.11 Å². The number of nitrogens with zero attached hydrogens (tertiary/aromatic N) is 2. The van der Waals surface area contributed by atoms with E-state index in [1.807, 2.05) is 0 Å². The molecule has 82 valence electrons. The predicted octanol–water partition coefficient (Wildman–Crippen LogP) is 2.72. The van der Waals surface area contributed by atoms with Crippen LogP contribution in [-0.4, -0.2) is 23.0 Å². The van der Waals surface area contributed by atoms with Crippen molar-refractivity contribution in [3.8, 4) is 0 Å². The highest BCUT2D eigenvalue weighted by Gasteiger charge is 2.10. The average molecular weight is 257 g/mol. The highest BCUT2D eigenvalue weighted by molar-refractivity contribution is 6.36. The fraction of sp³-hybridized carbons (Fsp3) is 0.100. The van der Waals surface area contributed by atoms with Gasteiger partial charge in [0.2, 0.25) is 0 Å². The van der Waals surface area contributed by atoms with Gasteiger partial charge in [0.25, 0.3) is 0 Å². The number of fused-ring (bicyclic) bond motifs is 1. The third-order valence-corrected chi connectivity index (χ3v) is 2.51. The maximum atomic E-state index is 11.3. The van der Waals surface area contributed by atoms with Gasteiger partial charge in [-0.05, 0) is 17.5 Å². The Morgan fingerprint density at radius 1 is 1.38 bits per heavy atom. The molecule has 6 heteroatoms. The van der Waals surface area contributed by atoms with Crippen molar-refractivity contribution in [2.45, 2.75) is 0 Å². The Hall–Kier alpha value is -1.39. The Morgan fingerprint density at radius 2 is 2.12 bits per heavy atom. The van der Waals surface area contributed by atoms with Crippen molar-refractivity contribution in [3.05, 3.63) is 34.3 Å². The van der Waals surface area contributed by atoms with Gasteiger partial charge in [-0.2, -0.15) is 0 Å². The second-order valence-corrected chi connectivity index (χ2v) is 3.76. The van der Waals surface area contributed by atoms with Crippen LogP contribution in [0.2, 0.25) is 10.3 Å². The molecule has 0 radical (unpaired) electrons. The zero-order valence-electron chi connectivity index (χ0n) is 8.20. The van der Waals surface area contributed by atoms with Gasteiger partial charge in [-0.15, -0.1) is 0 Å². The topological polar surface area (TPSA) is 52.1 Å². The van der Waals surface area contributed by atoms with Crippen LogP contribution >= 0.6 is 23.2 Å². The fourth-order valence-corrected chi connectivity index (χ4v) is 1.79. The normalized spacial score (nSPS) is 10.4. The van der Waals surface area contributed by atoms with Crippen molar-refractivity contribution in [3.63, 3.8) is 0 Å². The van der Waals surface area contributed by atoms with E-state index in [1.54, 1.807) is 12.1 Å². The molecule has 0 unspecified atom stereocenters. The Bertz CT molecular complexity index is 572. The summed E-state index contributed by atoms with van der Waals surface area (Å²) in [5.74, 6) is -0.508. The summed E-state index contributed by atoms with van der Waals surface area (Å²) in [6.45, 7) is 0. The van der Waals surface area contributed by atoms with Crippen LogP contribution in [0.5, 0.6) is 0 Å². The van der Waals surface area contributed by atoms with Crippen molar-refractivity contribution in [2.75, 3.05) is 7.11 Å². The lowest BCUT2D eigenvalue weighted by molar-refractivity contribution is 0.0594. The molecule has 0 fully saturated rings. The maximum absolute atomic E-state index is 11.3. The number of esters is 1. The Kier molecular flexibility index (Phi) is 2.94. The SMILES string of the molecule is COC(=O)c1cc2cc(Cl)nc(Cl)c2cn1. The Balaban J connectivity index is 2.66.